The molecule has 196 valence electrons. The second kappa shape index (κ2) is 12.0. The molecule has 38 heavy (non-hydrogen) atoms. The van der Waals surface area contributed by atoms with Crippen molar-refractivity contribution in [1.29, 1.82) is 0 Å². The number of halogens is 1. The molecule has 0 aliphatic carbocycles. The molecule has 1 aliphatic heterocycles. The maximum absolute atomic E-state index is 13.2. The summed E-state index contributed by atoms with van der Waals surface area (Å²) in [4.78, 5) is 27.7. The zero-order valence-electron chi connectivity index (χ0n) is 21.5. The molecule has 0 aromatic heterocycles. The Bertz CT molecular complexity index is 1450. The van der Waals surface area contributed by atoms with Gasteiger partial charge >= 0.3 is 0 Å². The summed E-state index contributed by atoms with van der Waals surface area (Å²) in [6.07, 6.45) is 1.72. The van der Waals surface area contributed by atoms with E-state index in [1.165, 1.54) is 16.7 Å². The van der Waals surface area contributed by atoms with E-state index in [2.05, 4.69) is 5.32 Å². The predicted octanol–water partition coefficient (Wildman–Crippen LogP) is 7.09. The Morgan fingerprint density at radius 2 is 1.84 bits per heavy atom. The summed E-state index contributed by atoms with van der Waals surface area (Å²) >= 11 is 13.3. The van der Waals surface area contributed by atoms with Crippen LogP contribution in [0.3, 0.4) is 0 Å². The van der Waals surface area contributed by atoms with Crippen LogP contribution in [0.5, 0.6) is 11.5 Å². The normalized spacial score (nSPS) is 14.2. The lowest BCUT2D eigenvalue weighted by Gasteiger charge is -2.15. The van der Waals surface area contributed by atoms with E-state index < -0.39 is 0 Å². The summed E-state index contributed by atoms with van der Waals surface area (Å²) < 4.78 is 12.0. The number of aryl methyl sites for hydroxylation is 3. The van der Waals surface area contributed by atoms with Crippen LogP contribution in [-0.4, -0.2) is 29.3 Å². The number of carbonyl (C=O) groups is 2. The first kappa shape index (κ1) is 27.7. The maximum Gasteiger partial charge on any atom is 0.270 e. The van der Waals surface area contributed by atoms with Gasteiger partial charge in [-0.05, 0) is 80.8 Å². The number of carbonyl (C=O) groups excluding carboxylic acids is 2. The number of thiocarbonyl (C=S) groups is 1. The highest BCUT2D eigenvalue weighted by Crippen LogP contribution is 2.40. The zero-order chi connectivity index (χ0) is 27.4. The molecule has 6 nitrogen and oxygen atoms in total. The van der Waals surface area contributed by atoms with Crippen molar-refractivity contribution in [2.45, 2.75) is 27.7 Å². The number of thioether (sulfide) groups is 1. The number of anilines is 2. The molecule has 0 bridgehead atoms. The van der Waals surface area contributed by atoms with Crippen LogP contribution in [0.4, 0.5) is 11.4 Å². The van der Waals surface area contributed by atoms with Crippen LogP contribution < -0.4 is 19.7 Å². The van der Waals surface area contributed by atoms with Crippen LogP contribution in [0.2, 0.25) is 5.02 Å². The molecular formula is C29H27ClN2O4S2. The minimum atomic E-state index is -0.320. The lowest BCUT2D eigenvalue weighted by Crippen LogP contribution is -2.27. The Balaban J connectivity index is 1.52. The number of amides is 2. The largest absolute Gasteiger partial charge is 0.490 e. The molecule has 3 aromatic rings. The van der Waals surface area contributed by atoms with E-state index >= 15 is 0 Å². The Morgan fingerprint density at radius 3 is 2.55 bits per heavy atom. The van der Waals surface area contributed by atoms with Crippen LogP contribution in [-0.2, 0) is 9.59 Å². The summed E-state index contributed by atoms with van der Waals surface area (Å²) in [6.45, 7) is 7.84. The van der Waals surface area contributed by atoms with Crippen LogP contribution >= 0.6 is 35.6 Å². The first-order valence-corrected chi connectivity index (χ1v) is 13.6. The monoisotopic (exact) mass is 566 g/mol. The van der Waals surface area contributed by atoms with Crippen molar-refractivity contribution in [2.75, 3.05) is 23.4 Å². The standard InChI is InChI=1S/C29H27ClN2O4S2/c1-5-35-24-14-20(15-25-28(34)32(29(37)38-25)21-8-6-7-17(2)12-21)13-22(30)27(24)36-16-26(33)31-23-10-9-18(3)11-19(23)4/h6-15H,5,16H2,1-4H3,(H,31,33)/b25-15-. The molecule has 1 heterocycles. The predicted molar refractivity (Wildman–Crippen MR) is 159 cm³/mol. The average Bonchev–Trinajstić information content (AvgIpc) is 3.13. The van der Waals surface area contributed by atoms with Gasteiger partial charge in [0.25, 0.3) is 11.8 Å². The van der Waals surface area contributed by atoms with Gasteiger partial charge in [0.2, 0.25) is 0 Å². The first-order chi connectivity index (χ1) is 18.2. The van der Waals surface area contributed by atoms with Crippen LogP contribution in [0.25, 0.3) is 6.08 Å². The van der Waals surface area contributed by atoms with E-state index in [-0.39, 0.29) is 29.2 Å². The highest BCUT2D eigenvalue weighted by Gasteiger charge is 2.33. The van der Waals surface area contributed by atoms with Gasteiger partial charge in [-0.1, -0.05) is 65.4 Å². The summed E-state index contributed by atoms with van der Waals surface area (Å²) in [6, 6.07) is 16.8. The smallest absolute Gasteiger partial charge is 0.270 e. The fourth-order valence-corrected chi connectivity index (χ4v) is 5.53. The summed E-state index contributed by atoms with van der Waals surface area (Å²) in [7, 11) is 0. The second-order valence-electron chi connectivity index (χ2n) is 8.77. The maximum atomic E-state index is 13.2. The van der Waals surface area contributed by atoms with Crippen molar-refractivity contribution in [2.24, 2.45) is 0 Å². The van der Waals surface area contributed by atoms with Gasteiger partial charge in [0.1, 0.15) is 0 Å². The van der Waals surface area contributed by atoms with E-state index in [4.69, 9.17) is 33.3 Å². The highest BCUT2D eigenvalue weighted by atomic mass is 35.5. The van der Waals surface area contributed by atoms with E-state index in [0.717, 1.165) is 28.1 Å². The molecule has 3 aromatic carbocycles. The molecular weight excluding hydrogens is 540 g/mol. The van der Waals surface area contributed by atoms with Gasteiger partial charge in [0.15, 0.2) is 22.4 Å². The molecule has 1 N–H and O–H groups in total. The minimum Gasteiger partial charge on any atom is -0.490 e. The van der Waals surface area contributed by atoms with Crippen molar-refractivity contribution in [3.63, 3.8) is 0 Å². The van der Waals surface area contributed by atoms with Crippen molar-refractivity contribution >= 4 is 69.2 Å². The quantitative estimate of drug-likeness (QED) is 0.232. The van der Waals surface area contributed by atoms with Crippen molar-refractivity contribution < 1.29 is 19.1 Å². The Hall–Kier alpha value is -3.33. The van der Waals surface area contributed by atoms with E-state index in [9.17, 15) is 9.59 Å². The number of hydrogen-bond acceptors (Lipinski definition) is 6. The number of benzene rings is 3. The molecule has 0 unspecified atom stereocenters. The molecule has 1 aliphatic rings. The van der Waals surface area contributed by atoms with Gasteiger partial charge in [-0.15, -0.1) is 0 Å². The number of rotatable bonds is 8. The van der Waals surface area contributed by atoms with Gasteiger partial charge in [-0.3, -0.25) is 14.5 Å². The molecule has 0 atom stereocenters. The molecule has 0 spiro atoms. The fourth-order valence-electron chi connectivity index (χ4n) is 3.96. The number of hydrogen-bond donors (Lipinski definition) is 1. The van der Waals surface area contributed by atoms with Gasteiger partial charge in [-0.25, -0.2) is 0 Å². The van der Waals surface area contributed by atoms with Crippen molar-refractivity contribution in [1.82, 2.24) is 0 Å². The molecule has 9 heteroatoms. The van der Waals surface area contributed by atoms with E-state index in [1.807, 2.05) is 70.2 Å². The third kappa shape index (κ3) is 6.38. The van der Waals surface area contributed by atoms with Crippen molar-refractivity contribution in [3.8, 4) is 11.5 Å². The van der Waals surface area contributed by atoms with Crippen molar-refractivity contribution in [3.05, 3.63) is 86.8 Å². The van der Waals surface area contributed by atoms with E-state index in [1.54, 1.807) is 18.2 Å². The third-order valence-corrected chi connectivity index (χ3v) is 7.27. The third-order valence-electron chi connectivity index (χ3n) is 5.69. The van der Waals surface area contributed by atoms with Crippen LogP contribution in [0, 0.1) is 20.8 Å². The first-order valence-electron chi connectivity index (χ1n) is 12.0. The summed E-state index contributed by atoms with van der Waals surface area (Å²) in [5.74, 6) is 0.107. The molecule has 4 rings (SSSR count). The van der Waals surface area contributed by atoms with Crippen LogP contribution in [0.1, 0.15) is 29.2 Å². The molecule has 1 fully saturated rings. The average molecular weight is 567 g/mol. The Kier molecular flexibility index (Phi) is 8.76. The number of nitrogens with zero attached hydrogens (tertiary/aromatic N) is 1. The number of ether oxygens (including phenoxy) is 2. The minimum absolute atomic E-state index is 0.205. The summed E-state index contributed by atoms with van der Waals surface area (Å²) in [5.41, 5.74) is 5.21. The summed E-state index contributed by atoms with van der Waals surface area (Å²) in [5, 5.41) is 3.11. The van der Waals surface area contributed by atoms with Crippen LogP contribution in [0.15, 0.2) is 59.5 Å². The van der Waals surface area contributed by atoms with Gasteiger partial charge in [0, 0.05) is 5.69 Å². The van der Waals surface area contributed by atoms with Gasteiger partial charge in [-0.2, -0.15) is 0 Å². The Morgan fingerprint density at radius 1 is 1.08 bits per heavy atom. The lowest BCUT2D eigenvalue weighted by atomic mass is 10.1. The Labute approximate surface area is 237 Å². The number of nitrogens with one attached hydrogen (secondary N) is 1. The molecule has 0 radical (unpaired) electrons. The lowest BCUT2D eigenvalue weighted by molar-refractivity contribution is -0.118. The molecule has 2 amide bonds. The highest BCUT2D eigenvalue weighted by molar-refractivity contribution is 8.27. The van der Waals surface area contributed by atoms with Gasteiger partial charge < -0.3 is 14.8 Å². The SMILES string of the molecule is CCOc1cc(/C=C2\SC(=S)N(c3cccc(C)c3)C2=O)cc(Cl)c1OCC(=O)Nc1ccc(C)cc1C. The topological polar surface area (TPSA) is 67.9 Å². The molecule has 0 saturated carbocycles. The second-order valence-corrected chi connectivity index (χ2v) is 10.9. The van der Waals surface area contributed by atoms with Gasteiger partial charge in [0.05, 0.1) is 22.2 Å². The molecule has 1 saturated heterocycles. The van der Waals surface area contributed by atoms with E-state index in [0.29, 0.717) is 27.1 Å². The fraction of sp³-hybridized carbons (Fsp3) is 0.207. The zero-order valence-corrected chi connectivity index (χ0v) is 23.9.